The van der Waals surface area contributed by atoms with Gasteiger partial charge in [-0.3, -0.25) is 9.89 Å². The molecule has 1 aliphatic rings. The molecule has 1 amide bonds. The third-order valence-corrected chi connectivity index (χ3v) is 4.86. The van der Waals surface area contributed by atoms with E-state index in [2.05, 4.69) is 30.8 Å². The minimum absolute atomic E-state index is 0.0178. The number of halogens is 1. The number of nitrogens with one attached hydrogen (secondary N) is 3. The highest BCUT2D eigenvalue weighted by Crippen LogP contribution is 2.26. The van der Waals surface area contributed by atoms with Gasteiger partial charge < -0.3 is 15.4 Å². The molecule has 2 heterocycles. The Labute approximate surface area is 176 Å². The number of nitrogens with zero attached hydrogens (tertiary/aromatic N) is 3. The summed E-state index contributed by atoms with van der Waals surface area (Å²) in [6, 6.07) is 12.1. The predicted octanol–water partition coefficient (Wildman–Crippen LogP) is 3.56. The summed E-state index contributed by atoms with van der Waals surface area (Å²) in [4.78, 5) is 20.6. The van der Waals surface area contributed by atoms with Gasteiger partial charge in [-0.05, 0) is 55.3 Å². The molecule has 5 rings (SSSR count). The Morgan fingerprint density at radius 3 is 2.97 bits per heavy atom. The summed E-state index contributed by atoms with van der Waals surface area (Å²) in [5, 5.41) is 13.9. The first kappa shape index (κ1) is 19.0. The monoisotopic (exact) mass is 418 g/mol. The van der Waals surface area contributed by atoms with E-state index in [1.807, 2.05) is 18.2 Å². The Morgan fingerprint density at radius 1 is 1.19 bits per heavy atom. The number of aromatic nitrogens is 4. The van der Waals surface area contributed by atoms with E-state index in [0.717, 1.165) is 29.4 Å². The molecule has 0 radical (unpaired) electrons. The summed E-state index contributed by atoms with van der Waals surface area (Å²) < 4.78 is 19.5. The van der Waals surface area contributed by atoms with E-state index in [-0.39, 0.29) is 24.3 Å². The fourth-order valence-electron chi connectivity index (χ4n) is 3.13. The molecule has 31 heavy (non-hydrogen) atoms. The smallest absolute Gasteiger partial charge is 0.258 e. The van der Waals surface area contributed by atoms with E-state index >= 15 is 0 Å². The average molecular weight is 418 g/mol. The second-order valence-corrected chi connectivity index (χ2v) is 7.34. The highest BCUT2D eigenvalue weighted by Gasteiger charge is 2.23. The van der Waals surface area contributed by atoms with Gasteiger partial charge in [0.2, 0.25) is 0 Å². The molecule has 0 unspecified atom stereocenters. The largest absolute Gasteiger partial charge is 0.481 e. The van der Waals surface area contributed by atoms with Gasteiger partial charge >= 0.3 is 0 Å². The molecule has 1 fully saturated rings. The van der Waals surface area contributed by atoms with Crippen molar-refractivity contribution in [3.63, 3.8) is 0 Å². The maximum absolute atomic E-state index is 14.2. The summed E-state index contributed by atoms with van der Waals surface area (Å²) >= 11 is 0. The summed E-state index contributed by atoms with van der Waals surface area (Å²) in [5.74, 6) is 0.163. The van der Waals surface area contributed by atoms with Gasteiger partial charge in [0.15, 0.2) is 24.0 Å². The fraction of sp³-hybridized carbons (Fsp3) is 0.182. The van der Waals surface area contributed by atoms with Crippen molar-refractivity contribution in [2.45, 2.75) is 18.9 Å². The van der Waals surface area contributed by atoms with Crippen molar-refractivity contribution in [1.82, 2.24) is 25.5 Å². The third-order valence-electron chi connectivity index (χ3n) is 4.86. The molecule has 0 aliphatic heterocycles. The van der Waals surface area contributed by atoms with E-state index in [4.69, 9.17) is 4.74 Å². The second-order valence-electron chi connectivity index (χ2n) is 7.34. The van der Waals surface area contributed by atoms with E-state index in [1.165, 1.54) is 12.1 Å². The predicted molar refractivity (Wildman–Crippen MR) is 113 cm³/mol. The normalized spacial score (nSPS) is 13.2. The van der Waals surface area contributed by atoms with Crippen molar-refractivity contribution in [3.8, 4) is 17.1 Å². The maximum Gasteiger partial charge on any atom is 0.258 e. The van der Waals surface area contributed by atoms with Crippen LogP contribution in [0.25, 0.3) is 22.3 Å². The third kappa shape index (κ3) is 4.45. The number of ether oxygens (including phenoxy) is 1. The number of amides is 1. The molecule has 8 nitrogen and oxygen atoms in total. The zero-order valence-corrected chi connectivity index (χ0v) is 16.4. The molecule has 0 bridgehead atoms. The summed E-state index contributed by atoms with van der Waals surface area (Å²) in [6.45, 7) is -0.240. The number of benzene rings is 2. The first-order valence-corrected chi connectivity index (χ1v) is 9.89. The molecular formula is C22H19FN6O2. The minimum atomic E-state index is -0.550. The molecule has 1 saturated carbocycles. The SMILES string of the molecule is O=C(COc1cc(-c2nccc(Nc3ccc4[nH]ncc4c3)n2)ccc1F)NC1CC1. The molecule has 0 saturated heterocycles. The molecular weight excluding hydrogens is 399 g/mol. The first-order valence-electron chi connectivity index (χ1n) is 9.89. The van der Waals surface area contributed by atoms with Crippen molar-refractivity contribution in [3.05, 3.63) is 60.7 Å². The zero-order chi connectivity index (χ0) is 21.2. The number of rotatable bonds is 7. The summed E-state index contributed by atoms with van der Waals surface area (Å²) in [7, 11) is 0. The number of hydrogen-bond acceptors (Lipinski definition) is 6. The van der Waals surface area contributed by atoms with E-state index in [9.17, 15) is 9.18 Å². The number of H-pyrrole nitrogens is 1. The van der Waals surface area contributed by atoms with Crippen molar-refractivity contribution in [1.29, 1.82) is 0 Å². The van der Waals surface area contributed by atoms with Crippen LogP contribution in [0.1, 0.15) is 12.8 Å². The lowest BCUT2D eigenvalue weighted by Crippen LogP contribution is -2.30. The Morgan fingerprint density at radius 2 is 2.10 bits per heavy atom. The molecule has 156 valence electrons. The van der Waals surface area contributed by atoms with Crippen LogP contribution in [0.2, 0.25) is 0 Å². The number of hydrogen-bond donors (Lipinski definition) is 3. The number of aromatic amines is 1. The van der Waals surface area contributed by atoms with Crippen LogP contribution in [0.4, 0.5) is 15.9 Å². The lowest BCUT2D eigenvalue weighted by Gasteiger charge is -2.10. The van der Waals surface area contributed by atoms with Gasteiger partial charge in [-0.2, -0.15) is 5.10 Å². The van der Waals surface area contributed by atoms with Crippen molar-refractivity contribution in [2.24, 2.45) is 0 Å². The first-order chi connectivity index (χ1) is 15.1. The number of carbonyl (C=O) groups is 1. The Balaban J connectivity index is 1.32. The molecule has 9 heteroatoms. The average Bonchev–Trinajstić information content (AvgIpc) is 3.46. The molecule has 3 N–H and O–H groups in total. The van der Waals surface area contributed by atoms with Crippen LogP contribution in [0.5, 0.6) is 5.75 Å². The number of carbonyl (C=O) groups excluding carboxylic acids is 1. The highest BCUT2D eigenvalue weighted by molar-refractivity contribution is 5.82. The Bertz CT molecular complexity index is 1250. The Hall–Kier alpha value is -4.01. The fourth-order valence-corrected chi connectivity index (χ4v) is 3.13. The molecule has 2 aromatic carbocycles. The summed E-state index contributed by atoms with van der Waals surface area (Å²) in [5.41, 5.74) is 2.37. The topological polar surface area (TPSA) is 105 Å². The van der Waals surface area contributed by atoms with E-state index in [1.54, 1.807) is 24.5 Å². The lowest BCUT2D eigenvalue weighted by molar-refractivity contribution is -0.123. The van der Waals surface area contributed by atoms with Gasteiger partial charge in [0.05, 0.1) is 11.7 Å². The molecule has 4 aromatic rings. The zero-order valence-electron chi connectivity index (χ0n) is 16.4. The van der Waals surface area contributed by atoms with Crippen molar-refractivity contribution in [2.75, 3.05) is 11.9 Å². The van der Waals surface area contributed by atoms with Gasteiger partial charge in [-0.15, -0.1) is 0 Å². The molecule has 0 spiro atoms. The van der Waals surface area contributed by atoms with Gasteiger partial charge in [0.25, 0.3) is 5.91 Å². The van der Waals surface area contributed by atoms with Crippen LogP contribution in [0.3, 0.4) is 0 Å². The molecule has 2 aromatic heterocycles. The van der Waals surface area contributed by atoms with Crippen LogP contribution in [0, 0.1) is 5.82 Å². The number of fused-ring (bicyclic) bond motifs is 1. The highest BCUT2D eigenvalue weighted by atomic mass is 19.1. The minimum Gasteiger partial charge on any atom is -0.481 e. The van der Waals surface area contributed by atoms with Gasteiger partial charge in [0, 0.05) is 28.9 Å². The van der Waals surface area contributed by atoms with Gasteiger partial charge in [-0.1, -0.05) is 0 Å². The van der Waals surface area contributed by atoms with Crippen LogP contribution >= 0.6 is 0 Å². The van der Waals surface area contributed by atoms with Crippen LogP contribution < -0.4 is 15.4 Å². The van der Waals surface area contributed by atoms with Gasteiger partial charge in [0.1, 0.15) is 5.82 Å². The quantitative estimate of drug-likeness (QED) is 0.424. The van der Waals surface area contributed by atoms with Crippen molar-refractivity contribution >= 4 is 28.3 Å². The van der Waals surface area contributed by atoms with Crippen LogP contribution in [-0.2, 0) is 4.79 Å². The van der Waals surface area contributed by atoms with E-state index < -0.39 is 5.82 Å². The Kier molecular flexibility index (Phi) is 4.91. The van der Waals surface area contributed by atoms with Crippen LogP contribution in [0.15, 0.2) is 54.9 Å². The van der Waals surface area contributed by atoms with Crippen LogP contribution in [-0.4, -0.2) is 38.7 Å². The maximum atomic E-state index is 14.2. The lowest BCUT2D eigenvalue weighted by atomic mass is 10.2. The van der Waals surface area contributed by atoms with E-state index in [0.29, 0.717) is 17.2 Å². The number of anilines is 2. The van der Waals surface area contributed by atoms with Crippen molar-refractivity contribution < 1.29 is 13.9 Å². The molecule has 1 aliphatic carbocycles. The second kappa shape index (κ2) is 8.02. The molecule has 0 atom stereocenters. The standard InChI is InChI=1S/C22H19FN6O2/c23-17-5-1-13(10-19(17)31-12-21(30)27-15-2-3-15)22-24-8-7-20(28-22)26-16-4-6-18-14(9-16)11-25-29-18/h1,4-11,15H,2-3,12H2,(H,25,29)(H,27,30)(H,24,26,28). The van der Waals surface area contributed by atoms with Gasteiger partial charge in [-0.25, -0.2) is 14.4 Å². The summed E-state index contributed by atoms with van der Waals surface area (Å²) in [6.07, 6.45) is 5.32.